The molecule has 4 heteroatoms. The van der Waals surface area contributed by atoms with Gasteiger partial charge in [-0.3, -0.25) is 0 Å². The molecule has 0 aliphatic carbocycles. The van der Waals surface area contributed by atoms with Crippen molar-refractivity contribution in [1.82, 2.24) is 5.32 Å². The highest BCUT2D eigenvalue weighted by atomic mass is 16.5. The van der Waals surface area contributed by atoms with Gasteiger partial charge in [0.05, 0.1) is 6.61 Å². The first-order valence-corrected chi connectivity index (χ1v) is 5.47. The molecule has 0 heterocycles. The van der Waals surface area contributed by atoms with Crippen LogP contribution < -0.4 is 5.32 Å². The van der Waals surface area contributed by atoms with Gasteiger partial charge in [-0.25, -0.2) is 4.79 Å². The van der Waals surface area contributed by atoms with Crippen molar-refractivity contribution in [1.29, 1.82) is 0 Å². The first-order valence-electron chi connectivity index (χ1n) is 5.47. The van der Waals surface area contributed by atoms with Crippen molar-refractivity contribution in [3.8, 4) is 0 Å². The standard InChI is InChI=1S/C13H17NO3/c1-3-17-9-10(2)14-12(13(15)16)11-7-5-4-6-8-11/h4-9,12,14H,3H2,1-2H3,(H,15,16). The van der Waals surface area contributed by atoms with Crippen LogP contribution in [0.5, 0.6) is 0 Å². The van der Waals surface area contributed by atoms with Crippen LogP contribution >= 0.6 is 0 Å². The average Bonchev–Trinajstić information content (AvgIpc) is 2.34. The van der Waals surface area contributed by atoms with Gasteiger partial charge in [0.15, 0.2) is 6.04 Å². The highest BCUT2D eigenvalue weighted by Crippen LogP contribution is 2.14. The Morgan fingerprint density at radius 1 is 1.47 bits per heavy atom. The average molecular weight is 235 g/mol. The molecule has 92 valence electrons. The van der Waals surface area contributed by atoms with Crippen molar-refractivity contribution in [3.63, 3.8) is 0 Å². The van der Waals surface area contributed by atoms with Crippen LogP contribution in [0.1, 0.15) is 25.5 Å². The van der Waals surface area contributed by atoms with Crippen LogP contribution in [0.3, 0.4) is 0 Å². The Morgan fingerprint density at radius 3 is 2.65 bits per heavy atom. The second kappa shape index (κ2) is 6.58. The minimum Gasteiger partial charge on any atom is -0.500 e. The second-order valence-electron chi connectivity index (χ2n) is 3.58. The van der Waals surface area contributed by atoms with Gasteiger partial charge in [0.2, 0.25) is 0 Å². The van der Waals surface area contributed by atoms with Gasteiger partial charge in [-0.1, -0.05) is 30.3 Å². The maximum Gasteiger partial charge on any atom is 0.330 e. The molecular weight excluding hydrogens is 218 g/mol. The number of ether oxygens (including phenoxy) is 1. The van der Waals surface area contributed by atoms with Crippen molar-refractivity contribution in [3.05, 3.63) is 47.9 Å². The molecule has 0 spiro atoms. The molecule has 0 fully saturated rings. The Hall–Kier alpha value is -1.97. The van der Waals surface area contributed by atoms with Crippen LogP contribution in [0.15, 0.2) is 42.3 Å². The van der Waals surface area contributed by atoms with Crippen molar-refractivity contribution in [2.75, 3.05) is 6.61 Å². The van der Waals surface area contributed by atoms with Gasteiger partial charge in [0.1, 0.15) is 6.26 Å². The van der Waals surface area contributed by atoms with Gasteiger partial charge < -0.3 is 15.2 Å². The quantitative estimate of drug-likeness (QED) is 0.743. The van der Waals surface area contributed by atoms with Gasteiger partial charge in [0.25, 0.3) is 0 Å². The molecule has 4 nitrogen and oxygen atoms in total. The number of carboxylic acids is 1. The Bertz CT molecular complexity index is 387. The zero-order valence-electron chi connectivity index (χ0n) is 10.0. The van der Waals surface area contributed by atoms with Crippen LogP contribution in [-0.2, 0) is 9.53 Å². The Kier molecular flexibility index (Phi) is 5.07. The summed E-state index contributed by atoms with van der Waals surface area (Å²) in [6.45, 7) is 4.20. The van der Waals surface area contributed by atoms with E-state index in [2.05, 4.69) is 5.32 Å². The van der Waals surface area contributed by atoms with Gasteiger partial charge >= 0.3 is 5.97 Å². The van der Waals surface area contributed by atoms with Crippen molar-refractivity contribution >= 4 is 5.97 Å². The molecule has 0 amide bonds. The van der Waals surface area contributed by atoms with Crippen molar-refractivity contribution in [2.24, 2.45) is 0 Å². The number of hydrogen-bond donors (Lipinski definition) is 2. The van der Waals surface area contributed by atoms with Crippen LogP contribution in [0, 0.1) is 0 Å². The minimum atomic E-state index is -0.916. The SMILES string of the molecule is CCOC=C(C)NC(C(=O)O)c1ccccc1. The summed E-state index contributed by atoms with van der Waals surface area (Å²) in [6.07, 6.45) is 1.53. The maximum absolute atomic E-state index is 11.2. The monoisotopic (exact) mass is 235 g/mol. The lowest BCUT2D eigenvalue weighted by molar-refractivity contribution is -0.139. The molecule has 0 radical (unpaired) electrons. The van der Waals surface area contributed by atoms with E-state index in [1.54, 1.807) is 19.1 Å². The molecule has 0 aliphatic heterocycles. The summed E-state index contributed by atoms with van der Waals surface area (Å²) < 4.78 is 5.09. The Morgan fingerprint density at radius 2 is 2.12 bits per heavy atom. The molecule has 1 rings (SSSR count). The molecule has 1 atom stereocenters. The number of nitrogens with one attached hydrogen (secondary N) is 1. The lowest BCUT2D eigenvalue weighted by atomic mass is 10.1. The fraction of sp³-hybridized carbons (Fsp3) is 0.308. The zero-order valence-corrected chi connectivity index (χ0v) is 10.0. The summed E-state index contributed by atoms with van der Waals surface area (Å²) in [7, 11) is 0. The van der Waals surface area contributed by atoms with E-state index in [0.29, 0.717) is 17.9 Å². The number of carboxylic acid groups (broad SMARTS) is 1. The van der Waals surface area contributed by atoms with Gasteiger partial charge in [0, 0.05) is 5.70 Å². The normalized spacial score (nSPS) is 12.9. The first-order chi connectivity index (χ1) is 8.15. The molecule has 0 saturated heterocycles. The fourth-order valence-electron chi connectivity index (χ4n) is 1.40. The van der Waals surface area contributed by atoms with E-state index in [9.17, 15) is 9.90 Å². The first kappa shape index (κ1) is 13.1. The Labute approximate surface area is 101 Å². The highest BCUT2D eigenvalue weighted by molar-refractivity contribution is 5.75. The number of carbonyl (C=O) groups is 1. The molecule has 1 unspecified atom stereocenters. The van der Waals surface area contributed by atoms with Crippen LogP contribution in [0.4, 0.5) is 0 Å². The fourth-order valence-corrected chi connectivity index (χ4v) is 1.40. The van der Waals surface area contributed by atoms with E-state index in [0.717, 1.165) is 0 Å². The molecule has 0 aromatic heterocycles. The largest absolute Gasteiger partial charge is 0.500 e. The summed E-state index contributed by atoms with van der Waals surface area (Å²) in [5.41, 5.74) is 1.40. The van der Waals surface area contributed by atoms with Crippen molar-refractivity contribution < 1.29 is 14.6 Å². The number of hydrogen-bond acceptors (Lipinski definition) is 3. The summed E-state index contributed by atoms with van der Waals surface area (Å²) in [5.74, 6) is -0.916. The molecule has 1 aromatic carbocycles. The minimum absolute atomic E-state index is 0.558. The topological polar surface area (TPSA) is 58.6 Å². The van der Waals surface area contributed by atoms with Gasteiger partial charge in [-0.15, -0.1) is 0 Å². The molecule has 17 heavy (non-hydrogen) atoms. The highest BCUT2D eigenvalue weighted by Gasteiger charge is 2.18. The zero-order chi connectivity index (χ0) is 12.7. The summed E-state index contributed by atoms with van der Waals surface area (Å²) in [6, 6.07) is 8.28. The van der Waals surface area contributed by atoms with E-state index < -0.39 is 12.0 Å². The predicted molar refractivity (Wildman–Crippen MR) is 65.3 cm³/mol. The van der Waals surface area contributed by atoms with Crippen LogP contribution in [0.2, 0.25) is 0 Å². The van der Waals surface area contributed by atoms with E-state index in [4.69, 9.17) is 4.74 Å². The van der Waals surface area contributed by atoms with Gasteiger partial charge in [-0.2, -0.15) is 0 Å². The van der Waals surface area contributed by atoms with Crippen LogP contribution in [-0.4, -0.2) is 17.7 Å². The lowest BCUT2D eigenvalue weighted by Gasteiger charge is -2.16. The van der Waals surface area contributed by atoms with Crippen molar-refractivity contribution in [2.45, 2.75) is 19.9 Å². The third kappa shape index (κ3) is 4.18. The number of rotatable bonds is 6. The molecular formula is C13H17NO3. The summed E-state index contributed by atoms with van der Waals surface area (Å²) >= 11 is 0. The third-order valence-electron chi connectivity index (χ3n) is 2.18. The van der Waals surface area contributed by atoms with E-state index in [1.165, 1.54) is 6.26 Å². The van der Waals surface area contributed by atoms with E-state index in [1.807, 2.05) is 25.1 Å². The third-order valence-corrected chi connectivity index (χ3v) is 2.18. The summed E-state index contributed by atoms with van der Waals surface area (Å²) in [4.78, 5) is 11.2. The number of aliphatic carboxylic acids is 1. The number of benzene rings is 1. The van der Waals surface area contributed by atoms with E-state index >= 15 is 0 Å². The molecule has 1 aromatic rings. The van der Waals surface area contributed by atoms with E-state index in [-0.39, 0.29) is 0 Å². The smallest absolute Gasteiger partial charge is 0.330 e. The molecule has 0 bridgehead atoms. The second-order valence-corrected chi connectivity index (χ2v) is 3.58. The Balaban J connectivity index is 2.78. The summed E-state index contributed by atoms with van der Waals surface area (Å²) in [5, 5.41) is 12.1. The molecule has 0 aliphatic rings. The molecule has 2 N–H and O–H groups in total. The number of allylic oxidation sites excluding steroid dienone is 1. The predicted octanol–water partition coefficient (Wildman–Crippen LogP) is 2.30. The van der Waals surface area contributed by atoms with Gasteiger partial charge in [-0.05, 0) is 19.4 Å². The van der Waals surface area contributed by atoms with Crippen LogP contribution in [0.25, 0.3) is 0 Å². The lowest BCUT2D eigenvalue weighted by Crippen LogP contribution is -2.27. The molecule has 0 saturated carbocycles. The maximum atomic E-state index is 11.2.